The molecule has 0 fully saturated rings. The van der Waals surface area contributed by atoms with E-state index in [-0.39, 0.29) is 5.75 Å². The normalized spacial score (nSPS) is 10.2. The Morgan fingerprint density at radius 2 is 2.00 bits per heavy atom. The second-order valence-corrected chi connectivity index (χ2v) is 3.78. The number of benzene rings is 1. The first-order valence-electron chi connectivity index (χ1n) is 5.24. The highest BCUT2D eigenvalue weighted by Crippen LogP contribution is 2.24. The Hall–Kier alpha value is -2.10. The quantitative estimate of drug-likeness (QED) is 0.828. The third-order valence-electron chi connectivity index (χ3n) is 2.46. The topological polar surface area (TPSA) is 48.1 Å². The SMILES string of the molecule is Cc1cc(OCc2ccncc2)c(F)cc1N. The van der Waals surface area contributed by atoms with Crippen LogP contribution in [0.15, 0.2) is 36.7 Å². The van der Waals surface area contributed by atoms with Gasteiger partial charge in [0.05, 0.1) is 0 Å². The van der Waals surface area contributed by atoms with Crippen molar-refractivity contribution >= 4 is 5.69 Å². The van der Waals surface area contributed by atoms with Crippen molar-refractivity contribution in [1.29, 1.82) is 0 Å². The van der Waals surface area contributed by atoms with Gasteiger partial charge in [0.1, 0.15) is 6.61 Å². The number of nitrogen functional groups attached to an aromatic ring is 1. The first-order chi connectivity index (χ1) is 8.16. The highest BCUT2D eigenvalue weighted by atomic mass is 19.1. The number of halogens is 1. The summed E-state index contributed by atoms with van der Waals surface area (Å²) in [6, 6.07) is 6.52. The molecule has 88 valence electrons. The van der Waals surface area contributed by atoms with Gasteiger partial charge in [0, 0.05) is 24.1 Å². The molecule has 0 unspecified atom stereocenters. The lowest BCUT2D eigenvalue weighted by Gasteiger charge is -2.09. The summed E-state index contributed by atoms with van der Waals surface area (Å²) in [7, 11) is 0. The lowest BCUT2D eigenvalue weighted by molar-refractivity contribution is 0.290. The van der Waals surface area contributed by atoms with E-state index in [4.69, 9.17) is 10.5 Å². The van der Waals surface area contributed by atoms with Gasteiger partial charge in [-0.2, -0.15) is 0 Å². The smallest absolute Gasteiger partial charge is 0.167 e. The first kappa shape index (κ1) is 11.4. The molecule has 0 saturated carbocycles. The molecule has 0 amide bonds. The number of anilines is 1. The van der Waals surface area contributed by atoms with E-state index in [1.165, 1.54) is 6.07 Å². The molecule has 1 aromatic carbocycles. The molecule has 2 rings (SSSR count). The zero-order valence-corrected chi connectivity index (χ0v) is 9.48. The Labute approximate surface area is 99.1 Å². The van der Waals surface area contributed by atoms with E-state index < -0.39 is 5.82 Å². The van der Waals surface area contributed by atoms with Crippen molar-refractivity contribution in [3.05, 3.63) is 53.6 Å². The maximum absolute atomic E-state index is 13.5. The van der Waals surface area contributed by atoms with E-state index in [1.54, 1.807) is 18.5 Å². The lowest BCUT2D eigenvalue weighted by atomic mass is 10.2. The van der Waals surface area contributed by atoms with Gasteiger partial charge < -0.3 is 10.5 Å². The van der Waals surface area contributed by atoms with Crippen molar-refractivity contribution in [2.45, 2.75) is 13.5 Å². The zero-order chi connectivity index (χ0) is 12.3. The Balaban J connectivity index is 2.12. The second-order valence-electron chi connectivity index (χ2n) is 3.78. The average Bonchev–Trinajstić information content (AvgIpc) is 2.33. The summed E-state index contributed by atoms with van der Waals surface area (Å²) in [6.07, 6.45) is 3.34. The average molecular weight is 232 g/mol. The molecule has 0 aliphatic rings. The van der Waals surface area contributed by atoms with Crippen LogP contribution in [0.2, 0.25) is 0 Å². The number of rotatable bonds is 3. The maximum Gasteiger partial charge on any atom is 0.167 e. The summed E-state index contributed by atoms with van der Waals surface area (Å²) in [5.41, 5.74) is 7.76. The van der Waals surface area contributed by atoms with E-state index >= 15 is 0 Å². The van der Waals surface area contributed by atoms with Crippen LogP contribution in [0.1, 0.15) is 11.1 Å². The van der Waals surface area contributed by atoms with Gasteiger partial charge in [0.25, 0.3) is 0 Å². The number of pyridine rings is 1. The van der Waals surface area contributed by atoms with Gasteiger partial charge in [-0.3, -0.25) is 4.98 Å². The molecule has 2 aromatic rings. The molecule has 2 N–H and O–H groups in total. The fourth-order valence-corrected chi connectivity index (χ4v) is 1.42. The predicted molar refractivity (Wildman–Crippen MR) is 64.1 cm³/mol. The minimum absolute atomic E-state index is 0.216. The summed E-state index contributed by atoms with van der Waals surface area (Å²) < 4.78 is 18.9. The monoisotopic (exact) mass is 232 g/mol. The van der Waals surface area contributed by atoms with E-state index in [0.717, 1.165) is 11.1 Å². The molecular weight excluding hydrogens is 219 g/mol. The van der Waals surface area contributed by atoms with Gasteiger partial charge in [-0.05, 0) is 36.2 Å². The Morgan fingerprint density at radius 3 is 2.71 bits per heavy atom. The third kappa shape index (κ3) is 2.72. The van der Waals surface area contributed by atoms with Crippen molar-refractivity contribution < 1.29 is 9.13 Å². The minimum Gasteiger partial charge on any atom is -0.486 e. The molecule has 1 aromatic heterocycles. The van der Waals surface area contributed by atoms with Crippen LogP contribution in [0.4, 0.5) is 10.1 Å². The molecular formula is C13H13FN2O. The molecule has 0 atom stereocenters. The number of nitrogens with two attached hydrogens (primary N) is 1. The molecule has 3 nitrogen and oxygen atoms in total. The third-order valence-corrected chi connectivity index (χ3v) is 2.46. The summed E-state index contributed by atoms with van der Waals surface area (Å²) in [5.74, 6) is -0.226. The van der Waals surface area contributed by atoms with Crippen LogP contribution in [0.3, 0.4) is 0 Å². The second kappa shape index (κ2) is 4.82. The number of nitrogens with zero attached hydrogens (tertiary/aromatic N) is 1. The zero-order valence-electron chi connectivity index (χ0n) is 9.48. The maximum atomic E-state index is 13.5. The van der Waals surface area contributed by atoms with E-state index in [9.17, 15) is 4.39 Å². The molecule has 0 aliphatic heterocycles. The van der Waals surface area contributed by atoms with Crippen molar-refractivity contribution in [3.8, 4) is 5.75 Å². The Morgan fingerprint density at radius 1 is 1.29 bits per heavy atom. The minimum atomic E-state index is -0.442. The van der Waals surface area contributed by atoms with Gasteiger partial charge in [0.15, 0.2) is 11.6 Å². The van der Waals surface area contributed by atoms with Crippen LogP contribution >= 0.6 is 0 Å². The van der Waals surface area contributed by atoms with Crippen LogP contribution in [-0.2, 0) is 6.61 Å². The van der Waals surface area contributed by atoms with Gasteiger partial charge in [-0.15, -0.1) is 0 Å². The summed E-state index contributed by atoms with van der Waals surface area (Å²) in [5, 5.41) is 0. The van der Waals surface area contributed by atoms with Crippen LogP contribution < -0.4 is 10.5 Å². The van der Waals surface area contributed by atoms with Crippen molar-refractivity contribution in [2.75, 3.05) is 5.73 Å². The number of hydrogen-bond acceptors (Lipinski definition) is 3. The van der Waals surface area contributed by atoms with Gasteiger partial charge in [0.2, 0.25) is 0 Å². The molecule has 17 heavy (non-hydrogen) atoms. The van der Waals surface area contributed by atoms with Crippen molar-refractivity contribution in [3.63, 3.8) is 0 Å². The summed E-state index contributed by atoms with van der Waals surface area (Å²) in [6.45, 7) is 2.12. The number of aryl methyl sites for hydroxylation is 1. The van der Waals surface area contributed by atoms with Crippen LogP contribution in [0.25, 0.3) is 0 Å². The van der Waals surface area contributed by atoms with Crippen LogP contribution in [-0.4, -0.2) is 4.98 Å². The van der Waals surface area contributed by atoms with Crippen LogP contribution in [0, 0.1) is 12.7 Å². The number of hydrogen-bond donors (Lipinski definition) is 1. The fraction of sp³-hybridized carbons (Fsp3) is 0.154. The van der Waals surface area contributed by atoms with Crippen LogP contribution in [0.5, 0.6) is 5.75 Å². The van der Waals surface area contributed by atoms with E-state index in [0.29, 0.717) is 12.3 Å². The lowest BCUT2D eigenvalue weighted by Crippen LogP contribution is -1.99. The number of ether oxygens (including phenoxy) is 1. The van der Waals surface area contributed by atoms with E-state index in [2.05, 4.69) is 4.98 Å². The van der Waals surface area contributed by atoms with E-state index in [1.807, 2.05) is 19.1 Å². The predicted octanol–water partition coefficient (Wildman–Crippen LogP) is 2.69. The molecule has 0 saturated heterocycles. The molecule has 0 bridgehead atoms. The van der Waals surface area contributed by atoms with Crippen molar-refractivity contribution in [1.82, 2.24) is 4.98 Å². The molecule has 4 heteroatoms. The summed E-state index contributed by atoms with van der Waals surface area (Å²) >= 11 is 0. The Bertz CT molecular complexity index is 514. The van der Waals surface area contributed by atoms with Crippen molar-refractivity contribution in [2.24, 2.45) is 0 Å². The molecule has 0 spiro atoms. The summed E-state index contributed by atoms with van der Waals surface area (Å²) in [4.78, 5) is 3.90. The first-order valence-corrected chi connectivity index (χ1v) is 5.24. The molecule has 1 heterocycles. The van der Waals surface area contributed by atoms with Gasteiger partial charge >= 0.3 is 0 Å². The molecule has 0 aliphatic carbocycles. The Kier molecular flexibility index (Phi) is 3.23. The molecule has 0 radical (unpaired) electrons. The van der Waals surface area contributed by atoms with Gasteiger partial charge in [-0.1, -0.05) is 0 Å². The largest absolute Gasteiger partial charge is 0.486 e. The van der Waals surface area contributed by atoms with Gasteiger partial charge in [-0.25, -0.2) is 4.39 Å². The highest BCUT2D eigenvalue weighted by molar-refractivity contribution is 5.50. The standard InChI is InChI=1S/C13H13FN2O/c1-9-6-13(11(14)7-12(9)15)17-8-10-2-4-16-5-3-10/h2-7H,8,15H2,1H3. The fourth-order valence-electron chi connectivity index (χ4n) is 1.42. The number of aromatic nitrogens is 1. The highest BCUT2D eigenvalue weighted by Gasteiger charge is 2.06.